The summed E-state index contributed by atoms with van der Waals surface area (Å²) in [4.78, 5) is 0. The summed E-state index contributed by atoms with van der Waals surface area (Å²) < 4.78 is 0. The van der Waals surface area contributed by atoms with Crippen LogP contribution in [0.1, 0.15) is 39.0 Å². The van der Waals surface area contributed by atoms with E-state index in [4.69, 9.17) is 0 Å². The third kappa shape index (κ3) is 2.62. The first kappa shape index (κ1) is 13.6. The molecule has 2 rings (SSSR count). The molecule has 0 amide bonds. The molecule has 0 radical (unpaired) electrons. The quantitative estimate of drug-likeness (QED) is 0.591. The summed E-state index contributed by atoms with van der Waals surface area (Å²) in [5.74, 6) is 0.822. The first-order chi connectivity index (χ1) is 8.65. The van der Waals surface area contributed by atoms with Gasteiger partial charge in [-0.2, -0.15) is 0 Å². The summed E-state index contributed by atoms with van der Waals surface area (Å²) in [5, 5.41) is 19.3. The number of allylic oxidation sites excluding steroid dienone is 5. The Morgan fingerprint density at radius 3 is 2.94 bits per heavy atom. The maximum Gasteiger partial charge on any atom is 0.455 e. The first-order valence-electron chi connectivity index (χ1n) is 6.99. The largest absolute Gasteiger partial charge is 0.455 e. The van der Waals surface area contributed by atoms with E-state index in [1.54, 1.807) is 0 Å². The van der Waals surface area contributed by atoms with Gasteiger partial charge in [-0.05, 0) is 56.4 Å². The smallest absolute Gasteiger partial charge is 0.427 e. The Morgan fingerprint density at radius 2 is 2.28 bits per heavy atom. The van der Waals surface area contributed by atoms with Crippen molar-refractivity contribution < 1.29 is 10.0 Å². The second-order valence-electron chi connectivity index (χ2n) is 5.60. The molecule has 0 bridgehead atoms. The van der Waals surface area contributed by atoms with Gasteiger partial charge in [0.1, 0.15) is 0 Å². The molecule has 0 spiro atoms. The molecular formula is C15H23BO2. The van der Waals surface area contributed by atoms with Gasteiger partial charge < -0.3 is 10.0 Å². The van der Waals surface area contributed by atoms with Gasteiger partial charge in [0.15, 0.2) is 0 Å². The fourth-order valence-electron chi connectivity index (χ4n) is 3.52. The molecular weight excluding hydrogens is 223 g/mol. The fraction of sp³-hybridized carbons (Fsp3) is 0.600. The molecule has 0 heterocycles. The minimum absolute atomic E-state index is 0.00321. The molecule has 0 aliphatic heterocycles. The summed E-state index contributed by atoms with van der Waals surface area (Å²) >= 11 is 0. The van der Waals surface area contributed by atoms with Crippen molar-refractivity contribution >= 4 is 7.12 Å². The zero-order chi connectivity index (χ0) is 13.1. The van der Waals surface area contributed by atoms with E-state index in [1.807, 2.05) is 6.08 Å². The van der Waals surface area contributed by atoms with Crippen molar-refractivity contribution in [1.29, 1.82) is 0 Å². The number of fused-ring (bicyclic) bond motifs is 1. The molecule has 98 valence electrons. The van der Waals surface area contributed by atoms with Gasteiger partial charge in [0.2, 0.25) is 0 Å². The highest BCUT2D eigenvalue weighted by Crippen LogP contribution is 2.48. The average molecular weight is 246 g/mol. The van der Waals surface area contributed by atoms with E-state index >= 15 is 0 Å². The van der Waals surface area contributed by atoms with Crippen LogP contribution in [0.3, 0.4) is 0 Å². The third-order valence-corrected chi connectivity index (χ3v) is 4.58. The lowest BCUT2D eigenvalue weighted by atomic mass is 9.54. The van der Waals surface area contributed by atoms with Crippen LogP contribution in [-0.4, -0.2) is 17.2 Å². The molecule has 3 atom stereocenters. The maximum atomic E-state index is 9.63. The summed E-state index contributed by atoms with van der Waals surface area (Å²) in [6, 6.07) is 0. The fourth-order valence-corrected chi connectivity index (χ4v) is 3.52. The van der Waals surface area contributed by atoms with Crippen molar-refractivity contribution in [2.75, 3.05) is 0 Å². The molecule has 0 saturated carbocycles. The highest BCUT2D eigenvalue weighted by molar-refractivity contribution is 6.43. The number of hydrogen-bond donors (Lipinski definition) is 2. The second kappa shape index (κ2) is 5.90. The third-order valence-electron chi connectivity index (χ3n) is 4.58. The van der Waals surface area contributed by atoms with Crippen molar-refractivity contribution in [3.63, 3.8) is 0 Å². The number of rotatable bonds is 4. The van der Waals surface area contributed by atoms with Gasteiger partial charge in [-0.15, -0.1) is 6.58 Å². The first-order valence-corrected chi connectivity index (χ1v) is 6.99. The van der Waals surface area contributed by atoms with E-state index < -0.39 is 7.12 Å². The summed E-state index contributed by atoms with van der Waals surface area (Å²) in [6.45, 7) is 5.99. The molecule has 2 aliphatic rings. The Balaban J connectivity index is 2.26. The number of hydrogen-bond acceptors (Lipinski definition) is 2. The second-order valence-corrected chi connectivity index (χ2v) is 5.60. The van der Waals surface area contributed by atoms with Crippen molar-refractivity contribution in [2.45, 2.75) is 44.8 Å². The highest BCUT2D eigenvalue weighted by atomic mass is 16.4. The summed E-state index contributed by atoms with van der Waals surface area (Å²) in [7, 11) is -1.18. The SMILES string of the molecule is C=CCCC1CC(B(O)O)C2CCC=CC2=C1C. The van der Waals surface area contributed by atoms with E-state index in [0.29, 0.717) is 11.8 Å². The molecule has 0 aromatic rings. The van der Waals surface area contributed by atoms with Crippen molar-refractivity contribution in [2.24, 2.45) is 11.8 Å². The Labute approximate surface area is 110 Å². The van der Waals surface area contributed by atoms with Gasteiger partial charge in [0, 0.05) is 5.82 Å². The minimum Gasteiger partial charge on any atom is -0.427 e. The highest BCUT2D eigenvalue weighted by Gasteiger charge is 2.40. The van der Waals surface area contributed by atoms with Crippen LogP contribution in [0.2, 0.25) is 5.82 Å². The van der Waals surface area contributed by atoms with Gasteiger partial charge in [-0.25, -0.2) is 0 Å². The molecule has 2 nitrogen and oxygen atoms in total. The van der Waals surface area contributed by atoms with E-state index in [1.165, 1.54) is 11.1 Å². The van der Waals surface area contributed by atoms with E-state index in [0.717, 1.165) is 32.1 Å². The lowest BCUT2D eigenvalue weighted by Gasteiger charge is -2.39. The molecule has 2 N–H and O–H groups in total. The van der Waals surface area contributed by atoms with Crippen LogP contribution in [0.4, 0.5) is 0 Å². The zero-order valence-electron chi connectivity index (χ0n) is 11.2. The predicted octanol–water partition coefficient (Wildman–Crippen LogP) is 3.10. The van der Waals surface area contributed by atoms with Crippen LogP contribution < -0.4 is 0 Å². The van der Waals surface area contributed by atoms with E-state index in [-0.39, 0.29) is 5.82 Å². The van der Waals surface area contributed by atoms with Crippen LogP contribution in [0.15, 0.2) is 36.0 Å². The molecule has 3 heteroatoms. The molecule has 0 aromatic carbocycles. The summed E-state index contributed by atoms with van der Waals surface area (Å²) in [6.07, 6.45) is 11.5. The van der Waals surface area contributed by atoms with E-state index in [2.05, 4.69) is 25.7 Å². The van der Waals surface area contributed by atoms with Crippen molar-refractivity contribution in [3.8, 4) is 0 Å². The van der Waals surface area contributed by atoms with Crippen molar-refractivity contribution in [3.05, 3.63) is 36.0 Å². The molecule has 0 fully saturated rings. The lowest BCUT2D eigenvalue weighted by molar-refractivity contribution is 0.306. The Bertz CT molecular complexity index is 371. The normalized spacial score (nSPS) is 31.2. The zero-order valence-corrected chi connectivity index (χ0v) is 11.2. The van der Waals surface area contributed by atoms with E-state index in [9.17, 15) is 10.0 Å². The van der Waals surface area contributed by atoms with Gasteiger partial charge in [-0.3, -0.25) is 0 Å². The summed E-state index contributed by atoms with van der Waals surface area (Å²) in [5.41, 5.74) is 2.81. The van der Waals surface area contributed by atoms with Gasteiger partial charge >= 0.3 is 7.12 Å². The molecule has 3 unspecified atom stereocenters. The van der Waals surface area contributed by atoms with Gasteiger partial charge in [0.05, 0.1) is 0 Å². The Hall–Kier alpha value is -0.795. The topological polar surface area (TPSA) is 40.5 Å². The van der Waals surface area contributed by atoms with Crippen LogP contribution in [0.25, 0.3) is 0 Å². The maximum absolute atomic E-state index is 9.63. The lowest BCUT2D eigenvalue weighted by Crippen LogP contribution is -2.34. The predicted molar refractivity (Wildman–Crippen MR) is 76.0 cm³/mol. The molecule has 0 aromatic heterocycles. The van der Waals surface area contributed by atoms with Crippen molar-refractivity contribution in [1.82, 2.24) is 0 Å². The average Bonchev–Trinajstić information content (AvgIpc) is 2.38. The molecule has 0 saturated heterocycles. The van der Waals surface area contributed by atoms with Gasteiger partial charge in [-0.1, -0.05) is 23.8 Å². The van der Waals surface area contributed by atoms with Crippen LogP contribution in [0, 0.1) is 11.8 Å². The molecule has 2 aliphatic carbocycles. The molecule has 18 heavy (non-hydrogen) atoms. The standard InChI is InChI=1S/C15H23BO2/c1-3-4-7-12-10-15(16(17)18)14-9-6-5-8-13(14)11(12)2/h3,5,8,12,14-15,17-18H,1,4,6-7,9-10H2,2H3. The monoisotopic (exact) mass is 246 g/mol. The Kier molecular flexibility index (Phi) is 4.47. The Morgan fingerprint density at radius 1 is 1.50 bits per heavy atom. The van der Waals surface area contributed by atoms with Crippen LogP contribution in [-0.2, 0) is 0 Å². The van der Waals surface area contributed by atoms with Gasteiger partial charge in [0.25, 0.3) is 0 Å². The van der Waals surface area contributed by atoms with Crippen LogP contribution in [0.5, 0.6) is 0 Å². The minimum atomic E-state index is -1.18. The van der Waals surface area contributed by atoms with Crippen LogP contribution >= 0.6 is 0 Å².